The van der Waals surface area contributed by atoms with E-state index < -0.39 is 23.9 Å². The van der Waals surface area contributed by atoms with Crippen LogP contribution in [0.1, 0.15) is 16.8 Å². The van der Waals surface area contributed by atoms with Crippen LogP contribution in [-0.2, 0) is 19.1 Å². The van der Waals surface area contributed by atoms with Gasteiger partial charge < -0.3 is 20.6 Å². The van der Waals surface area contributed by atoms with Crippen molar-refractivity contribution in [1.29, 1.82) is 0 Å². The Morgan fingerprint density at radius 3 is 2.45 bits per heavy atom. The number of benzene rings is 2. The molecule has 170 valence electrons. The van der Waals surface area contributed by atoms with Crippen molar-refractivity contribution in [2.75, 3.05) is 17.2 Å². The fourth-order valence-electron chi connectivity index (χ4n) is 3.37. The Balaban J connectivity index is 1.42. The molecular weight excluding hydrogens is 439 g/mol. The zero-order valence-electron chi connectivity index (χ0n) is 17.1. The molecule has 0 saturated carbocycles. The SMILES string of the molecule is O=C(Nc1ccc(-c2ncc3c(n2)CN(C(=O)O)CC3)cc1)Nc1cccc(C(F)(F)F)c1. The van der Waals surface area contributed by atoms with Crippen molar-refractivity contribution in [3.63, 3.8) is 0 Å². The molecule has 1 aliphatic rings. The van der Waals surface area contributed by atoms with Crippen LogP contribution in [0.2, 0.25) is 0 Å². The zero-order valence-corrected chi connectivity index (χ0v) is 17.1. The number of rotatable bonds is 3. The monoisotopic (exact) mass is 457 g/mol. The maximum absolute atomic E-state index is 12.8. The molecule has 0 saturated heterocycles. The minimum atomic E-state index is -4.51. The molecule has 3 amide bonds. The molecule has 8 nitrogen and oxygen atoms in total. The van der Waals surface area contributed by atoms with Crippen LogP contribution in [0.5, 0.6) is 0 Å². The van der Waals surface area contributed by atoms with Crippen molar-refractivity contribution in [2.24, 2.45) is 0 Å². The number of hydrogen-bond donors (Lipinski definition) is 3. The second-order valence-electron chi connectivity index (χ2n) is 7.35. The normalized spacial score (nSPS) is 13.2. The van der Waals surface area contributed by atoms with Crippen molar-refractivity contribution >= 4 is 23.5 Å². The second-order valence-corrected chi connectivity index (χ2v) is 7.35. The van der Waals surface area contributed by atoms with Crippen LogP contribution in [0, 0.1) is 0 Å². The number of amides is 3. The van der Waals surface area contributed by atoms with Gasteiger partial charge in [-0.2, -0.15) is 13.2 Å². The number of halogens is 3. The lowest BCUT2D eigenvalue weighted by atomic mass is 10.1. The van der Waals surface area contributed by atoms with E-state index in [9.17, 15) is 27.9 Å². The highest BCUT2D eigenvalue weighted by Gasteiger charge is 2.30. The predicted octanol–water partition coefficient (Wildman–Crippen LogP) is 4.84. The number of hydrogen-bond acceptors (Lipinski definition) is 4. The Labute approximate surface area is 186 Å². The summed E-state index contributed by atoms with van der Waals surface area (Å²) in [6.07, 6.45) is -3.27. The number of aromatic nitrogens is 2. The zero-order chi connectivity index (χ0) is 23.6. The van der Waals surface area contributed by atoms with Gasteiger partial charge in [0.2, 0.25) is 0 Å². The van der Waals surface area contributed by atoms with Gasteiger partial charge in [0.25, 0.3) is 0 Å². The third kappa shape index (κ3) is 5.20. The Morgan fingerprint density at radius 2 is 1.76 bits per heavy atom. The number of fused-ring (bicyclic) bond motifs is 1. The predicted molar refractivity (Wildman–Crippen MR) is 114 cm³/mol. The van der Waals surface area contributed by atoms with Crippen LogP contribution in [-0.4, -0.2) is 38.6 Å². The van der Waals surface area contributed by atoms with Gasteiger partial charge in [-0.15, -0.1) is 0 Å². The highest BCUT2D eigenvalue weighted by Crippen LogP contribution is 2.30. The smallest absolute Gasteiger partial charge is 0.416 e. The Morgan fingerprint density at radius 1 is 1.03 bits per heavy atom. The van der Waals surface area contributed by atoms with E-state index in [2.05, 4.69) is 20.6 Å². The topological polar surface area (TPSA) is 107 Å². The van der Waals surface area contributed by atoms with Gasteiger partial charge in [0.1, 0.15) is 0 Å². The largest absolute Gasteiger partial charge is 0.465 e. The molecule has 0 spiro atoms. The maximum atomic E-state index is 12.8. The van der Waals surface area contributed by atoms with E-state index in [0.717, 1.165) is 17.7 Å². The highest BCUT2D eigenvalue weighted by molar-refractivity contribution is 5.99. The molecule has 3 N–H and O–H groups in total. The van der Waals surface area contributed by atoms with Gasteiger partial charge in [-0.25, -0.2) is 19.6 Å². The van der Waals surface area contributed by atoms with Gasteiger partial charge in [0, 0.05) is 29.7 Å². The van der Waals surface area contributed by atoms with E-state index in [1.807, 2.05) is 0 Å². The summed E-state index contributed by atoms with van der Waals surface area (Å²) in [5.41, 5.74) is 1.78. The summed E-state index contributed by atoms with van der Waals surface area (Å²) in [6, 6.07) is 10.2. The second kappa shape index (κ2) is 8.77. The summed E-state index contributed by atoms with van der Waals surface area (Å²) in [5, 5.41) is 14.1. The lowest BCUT2D eigenvalue weighted by Gasteiger charge is -2.25. The van der Waals surface area contributed by atoms with Crippen molar-refractivity contribution in [3.05, 3.63) is 71.5 Å². The maximum Gasteiger partial charge on any atom is 0.416 e. The number of nitrogens with one attached hydrogen (secondary N) is 2. The first-order valence-electron chi connectivity index (χ1n) is 9.87. The highest BCUT2D eigenvalue weighted by atomic mass is 19.4. The number of carbonyl (C=O) groups excluding carboxylic acids is 1. The van der Waals surface area contributed by atoms with E-state index in [1.54, 1.807) is 30.5 Å². The van der Waals surface area contributed by atoms with Crippen molar-refractivity contribution < 1.29 is 27.9 Å². The molecule has 1 aliphatic heterocycles. The molecule has 0 radical (unpaired) electrons. The molecule has 0 unspecified atom stereocenters. The average molecular weight is 457 g/mol. The van der Waals surface area contributed by atoms with Gasteiger partial charge in [0.05, 0.1) is 17.8 Å². The van der Waals surface area contributed by atoms with E-state index in [-0.39, 0.29) is 12.2 Å². The molecule has 11 heteroatoms. The number of nitrogens with zero attached hydrogens (tertiary/aromatic N) is 3. The van der Waals surface area contributed by atoms with Gasteiger partial charge in [-0.1, -0.05) is 6.07 Å². The van der Waals surface area contributed by atoms with E-state index in [0.29, 0.717) is 35.7 Å². The molecule has 33 heavy (non-hydrogen) atoms. The summed E-state index contributed by atoms with van der Waals surface area (Å²) >= 11 is 0. The van der Waals surface area contributed by atoms with Crippen LogP contribution < -0.4 is 10.6 Å². The average Bonchev–Trinajstić information content (AvgIpc) is 2.78. The molecule has 1 aromatic heterocycles. The number of carbonyl (C=O) groups is 2. The Bertz CT molecular complexity index is 1200. The standard InChI is InChI=1S/C22H18F3N5O3/c23-22(24,25)15-2-1-3-17(10-15)28-20(31)27-16-6-4-13(5-7-16)19-26-11-14-8-9-30(21(32)33)12-18(14)29-19/h1-7,10-11H,8-9,12H2,(H,32,33)(H2,27,28,31). The van der Waals surface area contributed by atoms with Gasteiger partial charge >= 0.3 is 18.3 Å². The number of alkyl halides is 3. The van der Waals surface area contributed by atoms with Crippen molar-refractivity contribution in [2.45, 2.75) is 19.1 Å². The third-order valence-electron chi connectivity index (χ3n) is 5.07. The summed E-state index contributed by atoms with van der Waals surface area (Å²) < 4.78 is 38.4. The van der Waals surface area contributed by atoms with Crippen molar-refractivity contribution in [1.82, 2.24) is 14.9 Å². The van der Waals surface area contributed by atoms with Crippen LogP contribution in [0.15, 0.2) is 54.7 Å². The molecule has 0 fully saturated rings. The summed E-state index contributed by atoms with van der Waals surface area (Å²) in [7, 11) is 0. The molecule has 2 heterocycles. The molecule has 3 aromatic rings. The van der Waals surface area contributed by atoms with E-state index in [1.165, 1.54) is 17.0 Å². The lowest BCUT2D eigenvalue weighted by Crippen LogP contribution is -2.35. The summed E-state index contributed by atoms with van der Waals surface area (Å²) in [5.74, 6) is 0.418. The van der Waals surface area contributed by atoms with Crippen LogP contribution in [0.25, 0.3) is 11.4 Å². The molecule has 2 aromatic carbocycles. The number of urea groups is 1. The molecule has 0 atom stereocenters. The van der Waals surface area contributed by atoms with Crippen LogP contribution in [0.3, 0.4) is 0 Å². The first-order valence-corrected chi connectivity index (χ1v) is 9.87. The summed E-state index contributed by atoms with van der Waals surface area (Å²) in [4.78, 5) is 33.5. The van der Waals surface area contributed by atoms with Gasteiger partial charge in [0.15, 0.2) is 5.82 Å². The summed E-state index contributed by atoms with van der Waals surface area (Å²) in [6.45, 7) is 0.587. The fourth-order valence-corrected chi connectivity index (χ4v) is 3.37. The minimum Gasteiger partial charge on any atom is -0.465 e. The van der Waals surface area contributed by atoms with Crippen LogP contribution >= 0.6 is 0 Å². The Kier molecular flexibility index (Phi) is 5.86. The first-order chi connectivity index (χ1) is 15.7. The number of carboxylic acid groups (broad SMARTS) is 1. The fraction of sp³-hybridized carbons (Fsp3) is 0.182. The lowest BCUT2D eigenvalue weighted by molar-refractivity contribution is -0.137. The third-order valence-corrected chi connectivity index (χ3v) is 5.07. The van der Waals surface area contributed by atoms with Crippen molar-refractivity contribution in [3.8, 4) is 11.4 Å². The van der Waals surface area contributed by atoms with Gasteiger partial charge in [-0.3, -0.25) is 0 Å². The van der Waals surface area contributed by atoms with E-state index >= 15 is 0 Å². The number of anilines is 2. The molecule has 0 bridgehead atoms. The first kappa shape index (κ1) is 22.1. The quantitative estimate of drug-likeness (QED) is 0.522. The van der Waals surface area contributed by atoms with E-state index in [4.69, 9.17) is 0 Å². The minimum absolute atomic E-state index is 0.0109. The molecule has 0 aliphatic carbocycles. The van der Waals surface area contributed by atoms with Crippen LogP contribution in [0.4, 0.5) is 34.1 Å². The Hall–Kier alpha value is -4.15. The van der Waals surface area contributed by atoms with Gasteiger partial charge in [-0.05, 0) is 54.4 Å². The molecule has 4 rings (SSSR count). The molecular formula is C22H18F3N5O3.